The maximum Gasteiger partial charge on any atom is 0.454 e. The summed E-state index contributed by atoms with van der Waals surface area (Å²) in [5, 5.41) is 0. The molecule has 0 atom stereocenters. The highest BCUT2D eigenvalue weighted by molar-refractivity contribution is 6.00. The molecule has 0 aliphatic rings. The van der Waals surface area contributed by atoms with Gasteiger partial charge in [-0.15, -0.1) is 0 Å². The van der Waals surface area contributed by atoms with Crippen molar-refractivity contribution in [3.8, 4) is 0 Å². The average molecular weight is 187 g/mol. The number of Topliss-reactive ketones (excluding diaryl/α,β-unsaturated/α-hetero) is 1. The number of rotatable bonds is 1. The van der Waals surface area contributed by atoms with E-state index in [2.05, 4.69) is 6.92 Å². The molecule has 1 radical (unpaired) electrons. The smallest absolute Gasteiger partial charge is 0.284 e. The fourth-order valence-corrected chi connectivity index (χ4v) is 0.820. The maximum atomic E-state index is 11.9. The predicted molar refractivity (Wildman–Crippen MR) is 41.3 cm³/mol. The van der Waals surface area contributed by atoms with Crippen LogP contribution in [0.15, 0.2) is 24.3 Å². The number of hydrogen-bond donors (Lipinski definition) is 0. The van der Waals surface area contributed by atoms with Crippen LogP contribution in [0.2, 0.25) is 0 Å². The van der Waals surface area contributed by atoms with E-state index in [4.69, 9.17) is 0 Å². The van der Waals surface area contributed by atoms with Gasteiger partial charge in [-0.1, -0.05) is 24.3 Å². The Bertz CT molecular complexity index is 311. The lowest BCUT2D eigenvalue weighted by molar-refractivity contribution is -0.0885. The molecule has 0 N–H and O–H groups in total. The summed E-state index contributed by atoms with van der Waals surface area (Å²) in [5.74, 6) is -1.83. The summed E-state index contributed by atoms with van der Waals surface area (Å²) < 4.78 is 35.6. The number of carbonyl (C=O) groups is 1. The van der Waals surface area contributed by atoms with Crippen LogP contribution in [-0.4, -0.2) is 12.0 Å². The molecule has 0 saturated heterocycles. The van der Waals surface area contributed by atoms with E-state index in [1.165, 1.54) is 12.1 Å². The van der Waals surface area contributed by atoms with Crippen LogP contribution in [0, 0.1) is 6.92 Å². The molecule has 69 valence electrons. The Morgan fingerprint density at radius 2 is 1.62 bits per heavy atom. The van der Waals surface area contributed by atoms with Crippen molar-refractivity contribution in [3.05, 3.63) is 42.3 Å². The molecule has 1 aromatic rings. The Morgan fingerprint density at radius 3 is 2.00 bits per heavy atom. The predicted octanol–water partition coefficient (Wildman–Crippen LogP) is 2.61. The van der Waals surface area contributed by atoms with Crippen LogP contribution >= 0.6 is 0 Å². The summed E-state index contributed by atoms with van der Waals surface area (Å²) in [6.07, 6.45) is -4.80. The largest absolute Gasteiger partial charge is 0.454 e. The number of ketones is 1. The van der Waals surface area contributed by atoms with Crippen molar-refractivity contribution in [1.82, 2.24) is 0 Å². The summed E-state index contributed by atoms with van der Waals surface area (Å²) in [4.78, 5) is 10.6. The molecular weight excluding hydrogens is 181 g/mol. The third-order valence-corrected chi connectivity index (χ3v) is 1.47. The van der Waals surface area contributed by atoms with Crippen LogP contribution in [0.25, 0.3) is 0 Å². The summed E-state index contributed by atoms with van der Waals surface area (Å²) in [5.41, 5.74) is 0.207. The molecule has 0 aliphatic heterocycles. The molecule has 0 aliphatic carbocycles. The fourth-order valence-electron chi connectivity index (χ4n) is 0.820. The molecule has 1 rings (SSSR count). The van der Waals surface area contributed by atoms with E-state index < -0.39 is 12.0 Å². The van der Waals surface area contributed by atoms with Gasteiger partial charge in [0, 0.05) is 5.56 Å². The van der Waals surface area contributed by atoms with Crippen molar-refractivity contribution in [2.24, 2.45) is 0 Å². The van der Waals surface area contributed by atoms with E-state index in [0.29, 0.717) is 5.56 Å². The van der Waals surface area contributed by atoms with Gasteiger partial charge >= 0.3 is 6.18 Å². The Labute approximate surface area is 73.2 Å². The molecule has 1 aromatic carbocycles. The first-order valence-corrected chi connectivity index (χ1v) is 3.45. The van der Waals surface area contributed by atoms with Gasteiger partial charge in [-0.2, -0.15) is 13.2 Å². The zero-order chi connectivity index (χ0) is 10.1. The molecule has 1 nitrogen and oxygen atoms in total. The van der Waals surface area contributed by atoms with E-state index in [0.717, 1.165) is 12.1 Å². The molecule has 4 heteroatoms. The zero-order valence-corrected chi connectivity index (χ0v) is 6.56. The topological polar surface area (TPSA) is 17.1 Å². The Hall–Kier alpha value is -1.32. The van der Waals surface area contributed by atoms with Gasteiger partial charge in [0.05, 0.1) is 0 Å². The second-order valence-electron chi connectivity index (χ2n) is 2.52. The minimum absolute atomic E-state index is 0.361. The van der Waals surface area contributed by atoms with Gasteiger partial charge in [0.2, 0.25) is 0 Å². The third-order valence-electron chi connectivity index (χ3n) is 1.47. The molecule has 0 unspecified atom stereocenters. The van der Waals surface area contributed by atoms with Crippen LogP contribution in [-0.2, 0) is 0 Å². The highest BCUT2D eigenvalue weighted by atomic mass is 19.4. The Kier molecular flexibility index (Phi) is 2.40. The van der Waals surface area contributed by atoms with Crippen molar-refractivity contribution in [1.29, 1.82) is 0 Å². The van der Waals surface area contributed by atoms with E-state index >= 15 is 0 Å². The minimum Gasteiger partial charge on any atom is -0.284 e. The van der Waals surface area contributed by atoms with Crippen LogP contribution in [0.4, 0.5) is 13.2 Å². The molecule has 0 fully saturated rings. The summed E-state index contributed by atoms with van der Waals surface area (Å²) >= 11 is 0. The fraction of sp³-hybridized carbons (Fsp3) is 0.111. The lowest BCUT2D eigenvalue weighted by Crippen LogP contribution is -2.22. The second kappa shape index (κ2) is 3.20. The van der Waals surface area contributed by atoms with Crippen molar-refractivity contribution >= 4 is 5.78 Å². The quantitative estimate of drug-likeness (QED) is 0.617. The molecule has 0 heterocycles. The SMILES string of the molecule is [CH2]c1ccc(C(=O)C(F)(F)F)cc1. The lowest BCUT2D eigenvalue weighted by atomic mass is 10.1. The molecule has 0 spiro atoms. The maximum absolute atomic E-state index is 11.9. The molecule has 0 bridgehead atoms. The van der Waals surface area contributed by atoms with E-state index in [9.17, 15) is 18.0 Å². The van der Waals surface area contributed by atoms with Crippen molar-refractivity contribution in [3.63, 3.8) is 0 Å². The number of hydrogen-bond acceptors (Lipinski definition) is 1. The second-order valence-corrected chi connectivity index (χ2v) is 2.52. The molecular formula is C9H6F3O. The van der Waals surface area contributed by atoms with Gasteiger partial charge in [-0.05, 0) is 12.5 Å². The van der Waals surface area contributed by atoms with Crippen LogP contribution in [0.3, 0.4) is 0 Å². The Morgan fingerprint density at radius 1 is 1.15 bits per heavy atom. The molecule has 0 aromatic heterocycles. The van der Waals surface area contributed by atoms with Gasteiger partial charge in [-0.3, -0.25) is 4.79 Å². The van der Waals surface area contributed by atoms with Gasteiger partial charge < -0.3 is 0 Å². The summed E-state index contributed by atoms with van der Waals surface area (Å²) in [7, 11) is 0. The van der Waals surface area contributed by atoms with Crippen LogP contribution in [0.5, 0.6) is 0 Å². The molecule has 13 heavy (non-hydrogen) atoms. The Balaban J connectivity index is 2.97. The molecule has 0 saturated carbocycles. The monoisotopic (exact) mass is 187 g/mol. The van der Waals surface area contributed by atoms with E-state index in [-0.39, 0.29) is 5.56 Å². The van der Waals surface area contributed by atoms with Crippen molar-refractivity contribution in [2.75, 3.05) is 0 Å². The van der Waals surface area contributed by atoms with Gasteiger partial charge in [0.25, 0.3) is 5.78 Å². The van der Waals surface area contributed by atoms with Crippen molar-refractivity contribution < 1.29 is 18.0 Å². The first-order chi connectivity index (χ1) is 5.91. The number of alkyl halides is 3. The van der Waals surface area contributed by atoms with Gasteiger partial charge in [-0.25, -0.2) is 0 Å². The number of halogens is 3. The highest BCUT2D eigenvalue weighted by Gasteiger charge is 2.38. The lowest BCUT2D eigenvalue weighted by Gasteiger charge is -2.04. The van der Waals surface area contributed by atoms with E-state index in [1.54, 1.807) is 0 Å². The van der Waals surface area contributed by atoms with Gasteiger partial charge in [0.15, 0.2) is 0 Å². The number of benzene rings is 1. The van der Waals surface area contributed by atoms with Crippen LogP contribution in [0.1, 0.15) is 15.9 Å². The standard InChI is InChI=1S/C9H6F3O/c1-6-2-4-7(5-3-6)8(13)9(10,11)12/h2-5H,1H2. The normalized spacial score (nSPS) is 11.4. The summed E-state index contributed by atoms with van der Waals surface area (Å²) in [6, 6.07) is 4.94. The third kappa shape index (κ3) is 2.31. The first kappa shape index (κ1) is 9.77. The highest BCUT2D eigenvalue weighted by Crippen LogP contribution is 2.21. The first-order valence-electron chi connectivity index (χ1n) is 3.45. The van der Waals surface area contributed by atoms with Gasteiger partial charge in [0.1, 0.15) is 0 Å². The van der Waals surface area contributed by atoms with E-state index in [1.807, 2.05) is 0 Å². The van der Waals surface area contributed by atoms with Crippen LogP contribution < -0.4 is 0 Å². The molecule has 0 amide bonds. The minimum atomic E-state index is -4.80. The van der Waals surface area contributed by atoms with Crippen molar-refractivity contribution in [2.45, 2.75) is 6.18 Å². The summed E-state index contributed by atoms with van der Waals surface area (Å²) in [6.45, 7) is 3.49. The number of carbonyl (C=O) groups excluding carboxylic acids is 1. The average Bonchev–Trinajstić information content (AvgIpc) is 2.03. The zero-order valence-electron chi connectivity index (χ0n) is 6.56.